The van der Waals surface area contributed by atoms with Crippen molar-refractivity contribution in [1.29, 1.82) is 0 Å². The van der Waals surface area contributed by atoms with Crippen LogP contribution in [0.3, 0.4) is 0 Å². The molecular formula is C8H13N. The number of nitrogens with zero attached hydrogens (tertiary/aromatic N) is 1. The molecule has 0 N–H and O–H groups in total. The molecule has 0 aromatic carbocycles. The highest BCUT2D eigenvalue weighted by Crippen LogP contribution is 2.27. The molecule has 0 spiro atoms. The van der Waals surface area contributed by atoms with E-state index in [4.69, 9.17) is 0 Å². The van der Waals surface area contributed by atoms with E-state index < -0.39 is 0 Å². The molecule has 1 rings (SSSR count). The summed E-state index contributed by atoms with van der Waals surface area (Å²) < 4.78 is 0. The third-order valence-corrected chi connectivity index (χ3v) is 2.19. The summed E-state index contributed by atoms with van der Waals surface area (Å²) in [6.45, 7) is 7.88. The number of aliphatic imine (C=N–C) groups is 1. The SMILES string of the molecule is C=NC1CCC(C)=C1C. The van der Waals surface area contributed by atoms with E-state index in [0.29, 0.717) is 6.04 Å². The molecule has 0 saturated carbocycles. The van der Waals surface area contributed by atoms with Gasteiger partial charge in [-0.15, -0.1) is 0 Å². The van der Waals surface area contributed by atoms with Gasteiger partial charge in [0.2, 0.25) is 0 Å². The normalized spacial score (nSPS) is 27.1. The van der Waals surface area contributed by atoms with E-state index in [1.165, 1.54) is 24.0 Å². The summed E-state index contributed by atoms with van der Waals surface area (Å²) in [6.07, 6.45) is 2.40. The Labute approximate surface area is 56.5 Å². The second-order valence-electron chi connectivity index (χ2n) is 2.70. The van der Waals surface area contributed by atoms with Crippen LogP contribution in [0.5, 0.6) is 0 Å². The van der Waals surface area contributed by atoms with Crippen molar-refractivity contribution in [2.24, 2.45) is 4.99 Å². The Balaban J connectivity index is 2.74. The van der Waals surface area contributed by atoms with Crippen LogP contribution in [0.2, 0.25) is 0 Å². The van der Waals surface area contributed by atoms with Crippen molar-refractivity contribution in [1.82, 2.24) is 0 Å². The van der Waals surface area contributed by atoms with E-state index in [-0.39, 0.29) is 0 Å². The van der Waals surface area contributed by atoms with Gasteiger partial charge in [-0.25, -0.2) is 0 Å². The van der Waals surface area contributed by atoms with E-state index in [1.807, 2.05) is 0 Å². The second-order valence-corrected chi connectivity index (χ2v) is 2.70. The lowest BCUT2D eigenvalue weighted by atomic mass is 10.1. The zero-order chi connectivity index (χ0) is 6.85. The molecule has 0 aromatic rings. The van der Waals surface area contributed by atoms with Crippen LogP contribution in [-0.2, 0) is 0 Å². The van der Waals surface area contributed by atoms with Crippen molar-refractivity contribution < 1.29 is 0 Å². The van der Waals surface area contributed by atoms with Gasteiger partial charge in [-0.05, 0) is 33.4 Å². The minimum atomic E-state index is 0.435. The Hall–Kier alpha value is -0.590. The molecule has 0 heterocycles. The van der Waals surface area contributed by atoms with Gasteiger partial charge in [0, 0.05) is 0 Å². The maximum atomic E-state index is 4.01. The molecule has 0 radical (unpaired) electrons. The Morgan fingerprint density at radius 2 is 2.22 bits per heavy atom. The van der Waals surface area contributed by atoms with Gasteiger partial charge in [0.1, 0.15) is 0 Å². The van der Waals surface area contributed by atoms with Gasteiger partial charge in [0.15, 0.2) is 0 Å². The summed E-state index contributed by atoms with van der Waals surface area (Å²) in [7, 11) is 0. The van der Waals surface area contributed by atoms with Crippen molar-refractivity contribution in [3.8, 4) is 0 Å². The van der Waals surface area contributed by atoms with Gasteiger partial charge in [0.05, 0.1) is 6.04 Å². The molecule has 0 bridgehead atoms. The molecule has 0 aromatic heterocycles. The Bertz CT molecular complexity index is 156. The highest BCUT2D eigenvalue weighted by Gasteiger charge is 2.16. The van der Waals surface area contributed by atoms with Crippen LogP contribution in [0, 0.1) is 0 Å². The lowest BCUT2D eigenvalue weighted by Crippen LogP contribution is -1.98. The Morgan fingerprint density at radius 1 is 1.56 bits per heavy atom. The van der Waals surface area contributed by atoms with Crippen LogP contribution in [0.25, 0.3) is 0 Å². The van der Waals surface area contributed by atoms with Gasteiger partial charge >= 0.3 is 0 Å². The molecule has 0 aliphatic heterocycles. The standard InChI is InChI=1S/C8H13N/c1-6-4-5-8(9-3)7(6)2/h8H,3-5H2,1-2H3. The van der Waals surface area contributed by atoms with E-state index in [9.17, 15) is 0 Å². The van der Waals surface area contributed by atoms with Crippen LogP contribution in [-0.4, -0.2) is 12.8 Å². The fraction of sp³-hybridized carbons (Fsp3) is 0.625. The fourth-order valence-corrected chi connectivity index (χ4v) is 1.28. The number of rotatable bonds is 1. The van der Waals surface area contributed by atoms with Gasteiger partial charge in [-0.2, -0.15) is 0 Å². The van der Waals surface area contributed by atoms with Gasteiger partial charge in [-0.3, -0.25) is 4.99 Å². The summed E-state index contributed by atoms with van der Waals surface area (Å²) in [4.78, 5) is 4.01. The topological polar surface area (TPSA) is 12.4 Å². The van der Waals surface area contributed by atoms with Crippen LogP contribution < -0.4 is 0 Å². The maximum Gasteiger partial charge on any atom is 0.0704 e. The number of hydrogen-bond donors (Lipinski definition) is 0. The van der Waals surface area contributed by atoms with E-state index >= 15 is 0 Å². The van der Waals surface area contributed by atoms with Crippen LogP contribution in [0.1, 0.15) is 26.7 Å². The third-order valence-electron chi connectivity index (χ3n) is 2.19. The quantitative estimate of drug-likeness (QED) is 0.374. The molecule has 0 saturated heterocycles. The van der Waals surface area contributed by atoms with Crippen LogP contribution in [0.4, 0.5) is 0 Å². The monoisotopic (exact) mass is 123 g/mol. The summed E-state index contributed by atoms with van der Waals surface area (Å²) in [6, 6.07) is 0.435. The highest BCUT2D eigenvalue weighted by atomic mass is 14.8. The summed E-state index contributed by atoms with van der Waals surface area (Å²) in [5.41, 5.74) is 2.94. The van der Waals surface area contributed by atoms with Crippen LogP contribution in [0.15, 0.2) is 16.1 Å². The molecule has 0 amide bonds. The predicted octanol–water partition coefficient (Wildman–Crippen LogP) is 2.19. The highest BCUT2D eigenvalue weighted by molar-refractivity contribution is 5.31. The minimum Gasteiger partial charge on any atom is -0.293 e. The van der Waals surface area contributed by atoms with E-state index in [2.05, 4.69) is 25.6 Å². The Morgan fingerprint density at radius 3 is 2.44 bits per heavy atom. The second kappa shape index (κ2) is 2.34. The summed E-state index contributed by atoms with van der Waals surface area (Å²) >= 11 is 0. The molecule has 1 atom stereocenters. The van der Waals surface area contributed by atoms with Crippen LogP contribution >= 0.6 is 0 Å². The average Bonchev–Trinajstić information content (AvgIpc) is 2.15. The predicted molar refractivity (Wildman–Crippen MR) is 40.9 cm³/mol. The molecule has 1 heteroatoms. The van der Waals surface area contributed by atoms with Gasteiger partial charge in [0.25, 0.3) is 0 Å². The largest absolute Gasteiger partial charge is 0.293 e. The molecule has 1 aliphatic rings. The number of allylic oxidation sites excluding steroid dienone is 1. The van der Waals surface area contributed by atoms with E-state index in [1.54, 1.807) is 0 Å². The van der Waals surface area contributed by atoms with Crippen molar-refractivity contribution in [3.05, 3.63) is 11.1 Å². The van der Waals surface area contributed by atoms with Gasteiger partial charge < -0.3 is 0 Å². The summed E-state index contributed by atoms with van der Waals surface area (Å²) in [5.74, 6) is 0. The first-order valence-corrected chi connectivity index (χ1v) is 3.37. The smallest absolute Gasteiger partial charge is 0.0704 e. The lowest BCUT2D eigenvalue weighted by molar-refractivity contribution is 0.756. The first-order chi connectivity index (χ1) is 4.25. The molecular weight excluding hydrogens is 110 g/mol. The zero-order valence-electron chi connectivity index (χ0n) is 6.15. The first kappa shape index (κ1) is 6.53. The molecule has 9 heavy (non-hydrogen) atoms. The number of hydrogen-bond acceptors (Lipinski definition) is 1. The molecule has 1 unspecified atom stereocenters. The average molecular weight is 123 g/mol. The van der Waals surface area contributed by atoms with Crippen molar-refractivity contribution in [3.63, 3.8) is 0 Å². The van der Waals surface area contributed by atoms with Gasteiger partial charge in [-0.1, -0.05) is 11.1 Å². The van der Waals surface area contributed by atoms with Crippen molar-refractivity contribution in [2.75, 3.05) is 0 Å². The maximum absolute atomic E-state index is 4.01. The van der Waals surface area contributed by atoms with Crippen molar-refractivity contribution >= 4 is 6.72 Å². The van der Waals surface area contributed by atoms with Crippen molar-refractivity contribution in [2.45, 2.75) is 32.7 Å². The fourth-order valence-electron chi connectivity index (χ4n) is 1.28. The zero-order valence-corrected chi connectivity index (χ0v) is 6.15. The minimum absolute atomic E-state index is 0.435. The van der Waals surface area contributed by atoms with E-state index in [0.717, 1.165) is 0 Å². The molecule has 1 nitrogen and oxygen atoms in total. The molecule has 1 aliphatic carbocycles. The lowest BCUT2D eigenvalue weighted by Gasteiger charge is -2.01. The molecule has 50 valence electrons. The molecule has 0 fully saturated rings. The first-order valence-electron chi connectivity index (χ1n) is 3.37. The Kier molecular flexibility index (Phi) is 1.70. The summed E-state index contributed by atoms with van der Waals surface area (Å²) in [5, 5.41) is 0. The third kappa shape index (κ3) is 1.04.